The SMILES string of the molecule is CC1C(O)C2OC(=O)C3C(O[C@@H]4O[C@H](CO)[C@@H](O)[C@H](O)[C@H]4O)OCC1C23. The smallest absolute Gasteiger partial charge is 0.314 e. The third-order valence-electron chi connectivity index (χ3n) is 6.23. The Morgan fingerprint density at radius 1 is 1.08 bits per heavy atom. The summed E-state index contributed by atoms with van der Waals surface area (Å²) in [5.74, 6) is -1.75. The standard InChI is InChI=1S/C16H24O10/c1-4-5-3-23-15(8-7(5)13(9(4)18)25-14(8)22)26-16-12(21)11(20)10(19)6(2-17)24-16/h4-13,15-21H,2-3H2,1H3/t4?,5?,6-,7?,8?,9?,10-,11+,12-,13?,15?,16+/m1/s1. The molecule has 1 aliphatic carbocycles. The molecule has 26 heavy (non-hydrogen) atoms. The molecule has 5 N–H and O–H groups in total. The molecule has 0 spiro atoms. The van der Waals surface area contributed by atoms with Gasteiger partial charge in [0.15, 0.2) is 12.6 Å². The molecular weight excluding hydrogens is 352 g/mol. The van der Waals surface area contributed by atoms with Crippen molar-refractivity contribution < 1.29 is 49.3 Å². The maximum atomic E-state index is 12.3. The van der Waals surface area contributed by atoms with E-state index in [2.05, 4.69) is 0 Å². The van der Waals surface area contributed by atoms with Gasteiger partial charge in [0, 0.05) is 5.92 Å². The van der Waals surface area contributed by atoms with Crippen molar-refractivity contribution in [3.63, 3.8) is 0 Å². The van der Waals surface area contributed by atoms with E-state index in [-0.39, 0.29) is 24.4 Å². The van der Waals surface area contributed by atoms with Gasteiger partial charge in [-0.3, -0.25) is 4.79 Å². The Kier molecular flexibility index (Phi) is 4.73. The first kappa shape index (κ1) is 18.5. The summed E-state index contributed by atoms with van der Waals surface area (Å²) in [6.45, 7) is 1.54. The van der Waals surface area contributed by atoms with Crippen molar-refractivity contribution in [1.82, 2.24) is 0 Å². The molecule has 0 bridgehead atoms. The summed E-state index contributed by atoms with van der Waals surface area (Å²) in [5, 5.41) is 49.3. The maximum Gasteiger partial charge on any atom is 0.314 e. The second-order valence-corrected chi connectivity index (χ2v) is 7.55. The van der Waals surface area contributed by atoms with Crippen molar-refractivity contribution in [2.24, 2.45) is 23.7 Å². The highest BCUT2D eigenvalue weighted by Gasteiger charge is 2.64. The Balaban J connectivity index is 1.51. The lowest BCUT2D eigenvalue weighted by atomic mass is 9.80. The molecule has 7 unspecified atom stereocenters. The number of carbonyl (C=O) groups is 1. The van der Waals surface area contributed by atoms with E-state index in [0.717, 1.165) is 0 Å². The van der Waals surface area contributed by atoms with Gasteiger partial charge in [-0.05, 0) is 11.8 Å². The van der Waals surface area contributed by atoms with Crippen LogP contribution in [0.5, 0.6) is 0 Å². The Bertz CT molecular complexity index is 555. The van der Waals surface area contributed by atoms with Gasteiger partial charge >= 0.3 is 5.97 Å². The molecule has 12 atom stereocenters. The van der Waals surface area contributed by atoms with Gasteiger partial charge in [0.25, 0.3) is 0 Å². The monoisotopic (exact) mass is 376 g/mol. The Hall–Kier alpha value is -0.850. The number of carbonyl (C=O) groups excluding carboxylic acids is 1. The average molecular weight is 376 g/mol. The first-order chi connectivity index (χ1) is 12.3. The van der Waals surface area contributed by atoms with Gasteiger partial charge in [0.05, 0.1) is 19.3 Å². The topological polar surface area (TPSA) is 155 Å². The molecule has 10 heteroatoms. The molecule has 0 radical (unpaired) electrons. The number of hydrogen-bond acceptors (Lipinski definition) is 10. The molecule has 3 aliphatic heterocycles. The minimum Gasteiger partial charge on any atom is -0.459 e. The number of esters is 1. The van der Waals surface area contributed by atoms with Crippen LogP contribution in [0.1, 0.15) is 6.92 Å². The van der Waals surface area contributed by atoms with Crippen molar-refractivity contribution in [2.45, 2.75) is 56.1 Å². The molecule has 4 rings (SSSR count). The summed E-state index contributed by atoms with van der Waals surface area (Å²) in [5.41, 5.74) is 0. The van der Waals surface area contributed by atoms with Crippen LogP contribution in [0.2, 0.25) is 0 Å². The molecule has 3 heterocycles. The zero-order chi connectivity index (χ0) is 18.7. The average Bonchev–Trinajstić information content (AvgIpc) is 3.09. The lowest BCUT2D eigenvalue weighted by molar-refractivity contribution is -0.351. The number of aliphatic hydroxyl groups excluding tert-OH is 5. The molecule has 0 aromatic rings. The van der Waals surface area contributed by atoms with Crippen LogP contribution in [-0.2, 0) is 23.7 Å². The van der Waals surface area contributed by atoms with Gasteiger partial charge in [-0.2, -0.15) is 0 Å². The second-order valence-electron chi connectivity index (χ2n) is 7.55. The third kappa shape index (κ3) is 2.60. The molecule has 4 fully saturated rings. The van der Waals surface area contributed by atoms with Gasteiger partial charge in [0.1, 0.15) is 36.4 Å². The van der Waals surface area contributed by atoms with Gasteiger partial charge in [0.2, 0.25) is 0 Å². The van der Waals surface area contributed by atoms with Gasteiger partial charge < -0.3 is 44.5 Å². The lowest BCUT2D eigenvalue weighted by Gasteiger charge is -2.43. The molecule has 0 amide bonds. The van der Waals surface area contributed by atoms with E-state index in [1.165, 1.54) is 0 Å². The van der Waals surface area contributed by atoms with Crippen molar-refractivity contribution in [2.75, 3.05) is 13.2 Å². The number of rotatable bonds is 3. The highest BCUT2D eigenvalue weighted by atomic mass is 16.8. The molecule has 148 valence electrons. The number of hydrogen-bond donors (Lipinski definition) is 5. The first-order valence-electron chi connectivity index (χ1n) is 8.81. The zero-order valence-electron chi connectivity index (χ0n) is 14.1. The summed E-state index contributed by atoms with van der Waals surface area (Å²) in [7, 11) is 0. The second kappa shape index (κ2) is 6.64. The third-order valence-corrected chi connectivity index (χ3v) is 6.23. The summed E-state index contributed by atoms with van der Waals surface area (Å²) < 4.78 is 21.9. The van der Waals surface area contributed by atoms with E-state index < -0.39 is 67.7 Å². The molecule has 4 aliphatic rings. The van der Waals surface area contributed by atoms with Gasteiger partial charge in [-0.1, -0.05) is 6.92 Å². The molecule has 10 nitrogen and oxygen atoms in total. The number of aliphatic hydroxyl groups is 5. The van der Waals surface area contributed by atoms with Crippen LogP contribution in [0.3, 0.4) is 0 Å². The molecule has 3 saturated heterocycles. The maximum absolute atomic E-state index is 12.3. The van der Waals surface area contributed by atoms with Crippen molar-refractivity contribution in [1.29, 1.82) is 0 Å². The van der Waals surface area contributed by atoms with Gasteiger partial charge in [-0.15, -0.1) is 0 Å². The molecule has 1 saturated carbocycles. The minimum atomic E-state index is -1.59. The fourth-order valence-corrected chi connectivity index (χ4v) is 4.66. The predicted molar refractivity (Wildman–Crippen MR) is 80.1 cm³/mol. The molecular formula is C16H24O10. The highest BCUT2D eigenvalue weighted by Crippen LogP contribution is 2.52. The zero-order valence-corrected chi connectivity index (χ0v) is 14.1. The van der Waals surface area contributed by atoms with Crippen LogP contribution in [0.25, 0.3) is 0 Å². The van der Waals surface area contributed by atoms with Crippen molar-refractivity contribution in [3.8, 4) is 0 Å². The largest absolute Gasteiger partial charge is 0.459 e. The van der Waals surface area contributed by atoms with E-state index in [9.17, 15) is 30.3 Å². The molecule has 0 aromatic carbocycles. The van der Waals surface area contributed by atoms with Crippen molar-refractivity contribution in [3.05, 3.63) is 0 Å². The van der Waals surface area contributed by atoms with Gasteiger partial charge in [-0.25, -0.2) is 0 Å². The highest BCUT2D eigenvalue weighted by molar-refractivity contribution is 5.76. The lowest BCUT2D eigenvalue weighted by Crippen LogP contribution is -2.60. The van der Waals surface area contributed by atoms with Crippen LogP contribution < -0.4 is 0 Å². The fraction of sp³-hybridized carbons (Fsp3) is 0.938. The fourth-order valence-electron chi connectivity index (χ4n) is 4.66. The summed E-state index contributed by atoms with van der Waals surface area (Å²) in [4.78, 5) is 12.3. The normalized spacial score (nSPS) is 56.3. The van der Waals surface area contributed by atoms with Crippen LogP contribution in [0.4, 0.5) is 0 Å². The Labute approximate surface area is 149 Å². The van der Waals surface area contributed by atoms with Crippen molar-refractivity contribution >= 4 is 5.97 Å². The molecule has 0 aromatic heterocycles. The van der Waals surface area contributed by atoms with E-state index in [4.69, 9.17) is 18.9 Å². The summed E-state index contributed by atoms with van der Waals surface area (Å²) in [6, 6.07) is 0. The van der Waals surface area contributed by atoms with Crippen LogP contribution in [0.15, 0.2) is 0 Å². The quantitative estimate of drug-likeness (QED) is 0.321. The van der Waals surface area contributed by atoms with E-state index in [1.807, 2.05) is 6.92 Å². The van der Waals surface area contributed by atoms with E-state index in [1.54, 1.807) is 0 Å². The summed E-state index contributed by atoms with van der Waals surface area (Å²) >= 11 is 0. The minimum absolute atomic E-state index is 0.0545. The predicted octanol–water partition coefficient (Wildman–Crippen LogP) is -3.06. The summed E-state index contributed by atoms with van der Waals surface area (Å²) in [6.07, 6.45) is -9.67. The number of ether oxygens (including phenoxy) is 4. The Morgan fingerprint density at radius 2 is 1.81 bits per heavy atom. The Morgan fingerprint density at radius 3 is 2.50 bits per heavy atom. The van der Waals surface area contributed by atoms with E-state index in [0.29, 0.717) is 0 Å². The van der Waals surface area contributed by atoms with Crippen LogP contribution in [0, 0.1) is 23.7 Å². The van der Waals surface area contributed by atoms with Crippen LogP contribution >= 0.6 is 0 Å². The van der Waals surface area contributed by atoms with E-state index >= 15 is 0 Å². The first-order valence-corrected chi connectivity index (χ1v) is 8.81. The van der Waals surface area contributed by atoms with Crippen LogP contribution in [-0.4, -0.2) is 93.9 Å².